The Hall–Kier alpha value is -3.92. The molecule has 2 atom stereocenters. The Morgan fingerprint density at radius 3 is 2.50 bits per heavy atom. The molecule has 2 aliphatic heterocycles. The van der Waals surface area contributed by atoms with E-state index in [9.17, 15) is 4.79 Å². The van der Waals surface area contributed by atoms with Gasteiger partial charge >= 0.3 is 0 Å². The number of benzene rings is 4. The fourth-order valence-corrected chi connectivity index (χ4v) is 4.61. The summed E-state index contributed by atoms with van der Waals surface area (Å²) >= 11 is 0. The first-order chi connectivity index (χ1) is 15.7. The molecule has 32 heavy (non-hydrogen) atoms. The fraction of sp³-hybridized carbons (Fsp3) is 0.143. The van der Waals surface area contributed by atoms with Gasteiger partial charge in [0.25, 0.3) is 6.23 Å². The first kappa shape index (κ1) is 18.8. The van der Waals surface area contributed by atoms with E-state index in [0.717, 1.165) is 34.6 Å². The van der Waals surface area contributed by atoms with E-state index in [1.165, 1.54) is 10.8 Å². The number of hydrazone groups is 1. The average molecular weight is 418 g/mol. The summed E-state index contributed by atoms with van der Waals surface area (Å²) in [6, 6.07) is 30.3. The number of nitrogens with zero attached hydrogens (tertiary/aromatic N) is 2. The molecular weight excluding hydrogens is 396 g/mol. The minimum absolute atomic E-state index is 0.0270. The topological polar surface area (TPSA) is 41.9 Å². The van der Waals surface area contributed by atoms with Crippen molar-refractivity contribution in [2.24, 2.45) is 5.10 Å². The minimum Gasteiger partial charge on any atom is -0.461 e. The van der Waals surface area contributed by atoms with Gasteiger partial charge in [-0.1, -0.05) is 84.4 Å². The molecule has 4 aromatic rings. The Kier molecular flexibility index (Phi) is 4.32. The van der Waals surface area contributed by atoms with Crippen LogP contribution in [0.25, 0.3) is 10.8 Å². The number of ketones is 1. The predicted molar refractivity (Wildman–Crippen MR) is 126 cm³/mol. The van der Waals surface area contributed by atoms with Gasteiger partial charge in [-0.25, -0.2) is 5.01 Å². The first-order valence-electron chi connectivity index (χ1n) is 10.9. The molecule has 2 heterocycles. The van der Waals surface area contributed by atoms with E-state index in [0.29, 0.717) is 5.56 Å². The van der Waals surface area contributed by atoms with Crippen molar-refractivity contribution < 1.29 is 9.53 Å². The monoisotopic (exact) mass is 418 g/mol. The van der Waals surface area contributed by atoms with Crippen molar-refractivity contribution >= 4 is 22.3 Å². The highest BCUT2D eigenvalue weighted by Gasteiger charge is 2.43. The molecule has 0 aromatic heterocycles. The third-order valence-corrected chi connectivity index (χ3v) is 6.34. The number of carbonyl (C=O) groups excluding carboxylic acids is 1. The van der Waals surface area contributed by atoms with E-state index >= 15 is 0 Å². The summed E-state index contributed by atoms with van der Waals surface area (Å²) in [5.41, 5.74) is 4.88. The van der Waals surface area contributed by atoms with Crippen LogP contribution in [0.5, 0.6) is 5.75 Å². The number of hydrogen-bond donors (Lipinski definition) is 0. The van der Waals surface area contributed by atoms with Crippen LogP contribution >= 0.6 is 0 Å². The van der Waals surface area contributed by atoms with E-state index in [4.69, 9.17) is 9.84 Å². The number of carbonyl (C=O) groups is 1. The number of fused-ring (bicyclic) bond motifs is 4. The smallest absolute Gasteiger partial charge is 0.251 e. The van der Waals surface area contributed by atoms with Crippen molar-refractivity contribution in [3.63, 3.8) is 0 Å². The van der Waals surface area contributed by atoms with E-state index in [1.54, 1.807) is 0 Å². The molecule has 0 unspecified atom stereocenters. The standard InChI is InChI=1S/C28H22N2O2/c1-18-10-12-20(13-11-18)27(31)28-30-25(23-8-4-5-9-26(23)32-28)17-24(29-30)22-15-14-19-6-2-3-7-21(19)16-22/h2-16,25,28H,17H2,1H3/t25-,28-/m1/s1. The van der Waals surface area contributed by atoms with E-state index in [1.807, 2.05) is 66.5 Å². The van der Waals surface area contributed by atoms with Crippen LogP contribution in [-0.2, 0) is 0 Å². The lowest BCUT2D eigenvalue weighted by atomic mass is 9.95. The lowest BCUT2D eigenvalue weighted by Gasteiger charge is -2.37. The minimum atomic E-state index is -0.782. The molecule has 2 aliphatic rings. The van der Waals surface area contributed by atoms with Crippen molar-refractivity contribution in [1.82, 2.24) is 5.01 Å². The van der Waals surface area contributed by atoms with Gasteiger partial charge in [-0.2, -0.15) is 5.10 Å². The molecule has 0 fully saturated rings. The Bertz CT molecular complexity index is 1370. The molecule has 6 rings (SSSR count). The Labute approximate surface area is 186 Å². The summed E-state index contributed by atoms with van der Waals surface area (Å²) in [4.78, 5) is 13.4. The summed E-state index contributed by atoms with van der Waals surface area (Å²) in [6.45, 7) is 2.01. The van der Waals surface area contributed by atoms with Crippen molar-refractivity contribution in [3.05, 3.63) is 113 Å². The van der Waals surface area contributed by atoms with Crippen LogP contribution in [0.2, 0.25) is 0 Å². The Morgan fingerprint density at radius 2 is 1.66 bits per heavy atom. The third kappa shape index (κ3) is 3.07. The summed E-state index contributed by atoms with van der Waals surface area (Å²) < 4.78 is 6.22. The second-order valence-electron chi connectivity index (χ2n) is 8.45. The molecular formula is C28H22N2O2. The molecule has 156 valence electrons. The largest absolute Gasteiger partial charge is 0.461 e. The first-order valence-corrected chi connectivity index (χ1v) is 10.9. The second-order valence-corrected chi connectivity index (χ2v) is 8.45. The Morgan fingerprint density at radius 1 is 0.906 bits per heavy atom. The molecule has 4 aromatic carbocycles. The number of Topliss-reactive ketones (excluding diaryl/α,β-unsaturated/α-hetero) is 1. The highest BCUT2D eigenvalue weighted by molar-refractivity contribution is 6.05. The van der Waals surface area contributed by atoms with Crippen LogP contribution < -0.4 is 4.74 Å². The zero-order valence-electron chi connectivity index (χ0n) is 17.7. The summed E-state index contributed by atoms with van der Waals surface area (Å²) in [7, 11) is 0. The summed E-state index contributed by atoms with van der Waals surface area (Å²) in [6.07, 6.45) is -0.0494. The zero-order valence-corrected chi connectivity index (χ0v) is 17.7. The molecule has 0 radical (unpaired) electrons. The fourth-order valence-electron chi connectivity index (χ4n) is 4.61. The van der Waals surface area contributed by atoms with Crippen LogP contribution in [0, 0.1) is 6.92 Å². The lowest BCUT2D eigenvalue weighted by molar-refractivity contribution is -0.00455. The van der Waals surface area contributed by atoms with Crippen LogP contribution in [0.1, 0.15) is 39.5 Å². The van der Waals surface area contributed by atoms with Crippen molar-refractivity contribution in [1.29, 1.82) is 0 Å². The van der Waals surface area contributed by atoms with Crippen LogP contribution in [0.15, 0.2) is 96.1 Å². The van der Waals surface area contributed by atoms with Crippen LogP contribution in [0.3, 0.4) is 0 Å². The number of hydrogen-bond acceptors (Lipinski definition) is 4. The van der Waals surface area contributed by atoms with Gasteiger partial charge in [-0.05, 0) is 35.4 Å². The average Bonchev–Trinajstić information content (AvgIpc) is 3.29. The van der Waals surface area contributed by atoms with Gasteiger partial charge in [0.05, 0.1) is 11.8 Å². The summed E-state index contributed by atoms with van der Waals surface area (Å²) in [5.74, 6) is 0.683. The van der Waals surface area contributed by atoms with Gasteiger partial charge in [0, 0.05) is 17.5 Å². The van der Waals surface area contributed by atoms with Gasteiger partial charge in [0.2, 0.25) is 5.78 Å². The van der Waals surface area contributed by atoms with Crippen LogP contribution in [0.4, 0.5) is 0 Å². The molecule has 0 amide bonds. The van der Waals surface area contributed by atoms with E-state index < -0.39 is 6.23 Å². The normalized spacial score (nSPS) is 19.2. The number of aryl methyl sites for hydroxylation is 1. The van der Waals surface area contributed by atoms with Gasteiger partial charge < -0.3 is 4.74 Å². The van der Waals surface area contributed by atoms with Gasteiger partial charge in [-0.3, -0.25) is 4.79 Å². The van der Waals surface area contributed by atoms with E-state index in [-0.39, 0.29) is 11.8 Å². The van der Waals surface area contributed by atoms with Crippen molar-refractivity contribution in [2.75, 3.05) is 0 Å². The molecule has 0 N–H and O–H groups in total. The molecule has 0 bridgehead atoms. The van der Waals surface area contributed by atoms with Crippen LogP contribution in [-0.4, -0.2) is 22.7 Å². The SMILES string of the molecule is Cc1ccc(C(=O)[C@H]2Oc3ccccc3[C@H]3CC(c4ccc5ccccc5c4)=NN23)cc1. The van der Waals surface area contributed by atoms with Gasteiger partial charge in [0.1, 0.15) is 5.75 Å². The number of rotatable bonds is 3. The maximum absolute atomic E-state index is 13.4. The maximum atomic E-state index is 13.4. The van der Waals surface area contributed by atoms with E-state index in [2.05, 4.69) is 36.4 Å². The predicted octanol–water partition coefficient (Wildman–Crippen LogP) is 5.90. The van der Waals surface area contributed by atoms with Gasteiger partial charge in [0.15, 0.2) is 0 Å². The summed E-state index contributed by atoms with van der Waals surface area (Å²) in [5, 5.41) is 9.18. The molecule has 4 nitrogen and oxygen atoms in total. The molecule has 0 saturated heterocycles. The quantitative estimate of drug-likeness (QED) is 0.389. The molecule has 0 aliphatic carbocycles. The second kappa shape index (κ2) is 7.34. The Balaban J connectivity index is 1.42. The lowest BCUT2D eigenvalue weighted by Crippen LogP contribution is -2.45. The zero-order chi connectivity index (χ0) is 21.7. The number of ether oxygens (including phenoxy) is 1. The van der Waals surface area contributed by atoms with Crippen molar-refractivity contribution in [2.45, 2.75) is 25.6 Å². The van der Waals surface area contributed by atoms with Crippen molar-refractivity contribution in [3.8, 4) is 5.75 Å². The third-order valence-electron chi connectivity index (χ3n) is 6.34. The maximum Gasteiger partial charge on any atom is 0.251 e. The highest BCUT2D eigenvalue weighted by Crippen LogP contribution is 2.43. The highest BCUT2D eigenvalue weighted by atomic mass is 16.5. The molecule has 4 heteroatoms. The van der Waals surface area contributed by atoms with Gasteiger partial charge in [-0.15, -0.1) is 0 Å². The molecule has 0 saturated carbocycles. The molecule has 0 spiro atoms. The number of para-hydroxylation sites is 1.